The van der Waals surface area contributed by atoms with Gasteiger partial charge in [-0.25, -0.2) is 15.0 Å². The highest BCUT2D eigenvalue weighted by Crippen LogP contribution is 2.37. The summed E-state index contributed by atoms with van der Waals surface area (Å²) in [5.41, 5.74) is 11.2. The molecule has 31 heavy (non-hydrogen) atoms. The number of hydrogen-bond acceptors (Lipinski definition) is 4. The van der Waals surface area contributed by atoms with Crippen LogP contribution in [0.5, 0.6) is 0 Å². The van der Waals surface area contributed by atoms with E-state index in [1.54, 1.807) is 11.3 Å². The molecule has 1 aliphatic carbocycles. The Kier molecular flexibility index (Phi) is 5.19. The fourth-order valence-electron chi connectivity index (χ4n) is 4.70. The van der Waals surface area contributed by atoms with E-state index in [2.05, 4.69) is 50.4 Å². The fourth-order valence-corrected chi connectivity index (χ4v) is 5.37. The van der Waals surface area contributed by atoms with Gasteiger partial charge in [-0.2, -0.15) is 0 Å². The molecule has 3 heterocycles. The number of nitrogens with zero attached hydrogens (tertiary/aromatic N) is 4. The summed E-state index contributed by atoms with van der Waals surface area (Å²) in [6.07, 6.45) is 9.47. The molecule has 4 aromatic rings. The molecule has 0 saturated heterocycles. The SMILES string of the molecule is C=CN=C(N)c1c(-c2cc3cccc(-c4nccs4)c3[nH]2)nc(C2CCCCC2)n1C. The van der Waals surface area contributed by atoms with Crippen LogP contribution in [-0.2, 0) is 7.05 Å². The lowest BCUT2D eigenvalue weighted by molar-refractivity contribution is 0.421. The van der Waals surface area contributed by atoms with E-state index in [0.717, 1.165) is 44.4 Å². The molecule has 0 atom stereocenters. The summed E-state index contributed by atoms with van der Waals surface area (Å²) >= 11 is 1.63. The number of H-pyrrole nitrogens is 1. The third-order valence-electron chi connectivity index (χ3n) is 6.15. The standard InChI is InChI=1S/C24H26N6S/c1-3-26-22(25)21-20(29-23(30(21)2)15-8-5-4-6-9-15)18-14-16-10-7-11-17(19(16)28-18)24-27-12-13-31-24/h3,7,10-15,28H,1,4-6,8-9H2,2H3,(H2,25,26). The highest BCUT2D eigenvalue weighted by Gasteiger charge is 2.26. The zero-order valence-corrected chi connectivity index (χ0v) is 18.5. The van der Waals surface area contributed by atoms with Crippen molar-refractivity contribution in [3.05, 3.63) is 60.1 Å². The number of aliphatic imine (C=N–C) groups is 1. The molecule has 1 aliphatic rings. The number of imidazole rings is 1. The molecule has 158 valence electrons. The molecule has 5 rings (SSSR count). The lowest BCUT2D eigenvalue weighted by Gasteiger charge is -2.21. The minimum Gasteiger partial charge on any atom is -0.382 e. The number of aromatic nitrogens is 4. The topological polar surface area (TPSA) is 84.9 Å². The largest absolute Gasteiger partial charge is 0.382 e. The van der Waals surface area contributed by atoms with Crippen LogP contribution in [0.15, 0.2) is 53.6 Å². The van der Waals surface area contributed by atoms with Crippen LogP contribution < -0.4 is 5.73 Å². The Morgan fingerprint density at radius 3 is 2.90 bits per heavy atom. The summed E-state index contributed by atoms with van der Waals surface area (Å²) in [6, 6.07) is 8.42. The summed E-state index contributed by atoms with van der Waals surface area (Å²) in [5, 5.41) is 4.12. The lowest BCUT2D eigenvalue weighted by atomic mass is 9.89. The molecule has 3 N–H and O–H groups in total. The number of aromatic amines is 1. The number of amidine groups is 1. The van der Waals surface area contributed by atoms with Gasteiger partial charge in [-0.15, -0.1) is 11.3 Å². The minimum atomic E-state index is 0.431. The molecule has 0 spiro atoms. The van der Waals surface area contributed by atoms with Crippen LogP contribution in [0.2, 0.25) is 0 Å². The van der Waals surface area contributed by atoms with Gasteiger partial charge in [0, 0.05) is 41.7 Å². The average Bonchev–Trinajstić information content (AvgIpc) is 3.52. The fraction of sp³-hybridized carbons (Fsp3) is 0.292. The van der Waals surface area contributed by atoms with Crippen LogP contribution >= 0.6 is 11.3 Å². The van der Waals surface area contributed by atoms with E-state index in [0.29, 0.717) is 11.8 Å². The number of rotatable bonds is 5. The highest BCUT2D eigenvalue weighted by atomic mass is 32.1. The Labute approximate surface area is 185 Å². The third-order valence-corrected chi connectivity index (χ3v) is 6.95. The molecular weight excluding hydrogens is 404 g/mol. The van der Waals surface area contributed by atoms with Gasteiger partial charge in [-0.3, -0.25) is 0 Å². The van der Waals surface area contributed by atoms with E-state index in [-0.39, 0.29) is 0 Å². The number of benzene rings is 1. The highest BCUT2D eigenvalue weighted by molar-refractivity contribution is 7.13. The predicted molar refractivity (Wildman–Crippen MR) is 128 cm³/mol. The predicted octanol–water partition coefficient (Wildman–Crippen LogP) is 5.59. The minimum absolute atomic E-state index is 0.431. The number of para-hydroxylation sites is 1. The van der Waals surface area contributed by atoms with Gasteiger partial charge in [0.2, 0.25) is 0 Å². The molecule has 0 aliphatic heterocycles. The van der Waals surface area contributed by atoms with Crippen molar-refractivity contribution in [2.24, 2.45) is 17.8 Å². The molecule has 6 nitrogen and oxygen atoms in total. The second-order valence-electron chi connectivity index (χ2n) is 8.05. The van der Waals surface area contributed by atoms with Gasteiger partial charge < -0.3 is 15.3 Å². The summed E-state index contributed by atoms with van der Waals surface area (Å²) < 4.78 is 2.13. The van der Waals surface area contributed by atoms with E-state index < -0.39 is 0 Å². The first-order valence-corrected chi connectivity index (χ1v) is 11.6. The molecular formula is C24H26N6S. The van der Waals surface area contributed by atoms with Gasteiger partial charge in [0.15, 0.2) is 0 Å². The molecule has 1 aromatic carbocycles. The molecule has 1 saturated carbocycles. The summed E-state index contributed by atoms with van der Waals surface area (Å²) in [4.78, 5) is 17.5. The normalized spacial score (nSPS) is 15.6. The van der Waals surface area contributed by atoms with Gasteiger partial charge in [0.25, 0.3) is 0 Å². The third kappa shape index (κ3) is 3.49. The molecule has 1 fully saturated rings. The van der Waals surface area contributed by atoms with Crippen LogP contribution in [0.3, 0.4) is 0 Å². The molecule has 0 unspecified atom stereocenters. The number of nitrogens with one attached hydrogen (secondary N) is 1. The summed E-state index contributed by atoms with van der Waals surface area (Å²) in [7, 11) is 2.05. The Bertz CT molecular complexity index is 1250. The second-order valence-corrected chi connectivity index (χ2v) is 8.94. The summed E-state index contributed by atoms with van der Waals surface area (Å²) in [5.74, 6) is 1.98. The molecule has 0 bridgehead atoms. The van der Waals surface area contributed by atoms with Crippen LogP contribution in [-0.4, -0.2) is 25.4 Å². The van der Waals surface area contributed by atoms with Crippen LogP contribution in [0.1, 0.15) is 49.5 Å². The maximum atomic E-state index is 6.38. The van der Waals surface area contributed by atoms with Crippen LogP contribution in [0.4, 0.5) is 0 Å². The molecule has 0 amide bonds. The van der Waals surface area contributed by atoms with Crippen molar-refractivity contribution in [1.82, 2.24) is 19.5 Å². The van der Waals surface area contributed by atoms with Crippen LogP contribution in [0.25, 0.3) is 32.9 Å². The van der Waals surface area contributed by atoms with E-state index in [1.165, 1.54) is 38.3 Å². The van der Waals surface area contributed by atoms with Crippen LogP contribution in [0, 0.1) is 0 Å². The monoisotopic (exact) mass is 430 g/mol. The smallest absolute Gasteiger partial charge is 0.149 e. The quantitative estimate of drug-likeness (QED) is 0.320. The Hall–Kier alpha value is -3.19. The molecule has 7 heteroatoms. The van der Waals surface area contributed by atoms with E-state index >= 15 is 0 Å². The number of thiazole rings is 1. The van der Waals surface area contributed by atoms with E-state index in [1.807, 2.05) is 18.6 Å². The lowest BCUT2D eigenvalue weighted by Crippen LogP contribution is -2.19. The first kappa shape index (κ1) is 19.8. The van der Waals surface area contributed by atoms with Crippen molar-refractivity contribution < 1.29 is 0 Å². The van der Waals surface area contributed by atoms with E-state index in [9.17, 15) is 0 Å². The van der Waals surface area contributed by atoms with Gasteiger partial charge in [0.05, 0.1) is 11.2 Å². The Morgan fingerprint density at radius 1 is 1.32 bits per heavy atom. The van der Waals surface area contributed by atoms with E-state index in [4.69, 9.17) is 10.7 Å². The number of hydrogen-bond donors (Lipinski definition) is 2. The van der Waals surface area contributed by atoms with Crippen molar-refractivity contribution in [3.8, 4) is 22.0 Å². The zero-order valence-electron chi connectivity index (χ0n) is 17.6. The van der Waals surface area contributed by atoms with Gasteiger partial charge >= 0.3 is 0 Å². The maximum Gasteiger partial charge on any atom is 0.149 e. The zero-order chi connectivity index (χ0) is 21.4. The number of fused-ring (bicyclic) bond motifs is 1. The van der Waals surface area contributed by atoms with Crippen molar-refractivity contribution in [3.63, 3.8) is 0 Å². The Morgan fingerprint density at radius 2 is 2.16 bits per heavy atom. The van der Waals surface area contributed by atoms with Crippen molar-refractivity contribution in [2.45, 2.75) is 38.0 Å². The molecule has 3 aromatic heterocycles. The van der Waals surface area contributed by atoms with Gasteiger partial charge in [0.1, 0.15) is 28.1 Å². The summed E-state index contributed by atoms with van der Waals surface area (Å²) in [6.45, 7) is 3.72. The molecule has 0 radical (unpaired) electrons. The first-order valence-electron chi connectivity index (χ1n) is 10.7. The Balaban J connectivity index is 1.69. The van der Waals surface area contributed by atoms with Crippen molar-refractivity contribution >= 4 is 28.1 Å². The first-order chi connectivity index (χ1) is 15.2. The van der Waals surface area contributed by atoms with Gasteiger partial charge in [-0.05, 0) is 25.0 Å². The second kappa shape index (κ2) is 8.15. The van der Waals surface area contributed by atoms with Crippen molar-refractivity contribution in [2.75, 3.05) is 0 Å². The van der Waals surface area contributed by atoms with Gasteiger partial charge in [-0.1, -0.05) is 38.0 Å². The van der Waals surface area contributed by atoms with Crippen molar-refractivity contribution in [1.29, 1.82) is 0 Å². The maximum absolute atomic E-state index is 6.38. The average molecular weight is 431 g/mol. The number of nitrogens with two attached hydrogens (primary N) is 1.